The first-order valence-corrected chi connectivity index (χ1v) is 11.7. The summed E-state index contributed by atoms with van der Waals surface area (Å²) in [5, 5.41) is 9.08. The van der Waals surface area contributed by atoms with Gasteiger partial charge in [-0.25, -0.2) is 8.42 Å². The zero-order valence-corrected chi connectivity index (χ0v) is 17.2. The minimum atomic E-state index is -3.69. The van der Waals surface area contributed by atoms with Gasteiger partial charge in [0.1, 0.15) is 23.3 Å². The standard InChI is InChI=1S/C22H18N2O3S2/c23-14-18-6-9-22(28-18)17-5-8-21-20(13-17)24(10-11-27-21)29(25,26)19-7-4-15-2-1-3-16(15)12-19/h4-9,12-13H,1-3,10-11H2. The Balaban J connectivity index is 1.57. The molecule has 2 aliphatic rings. The summed E-state index contributed by atoms with van der Waals surface area (Å²) in [4.78, 5) is 1.88. The first-order valence-electron chi connectivity index (χ1n) is 9.48. The van der Waals surface area contributed by atoms with Crippen molar-refractivity contribution in [2.24, 2.45) is 0 Å². The molecule has 0 saturated heterocycles. The number of hydrogen-bond acceptors (Lipinski definition) is 5. The second kappa shape index (κ2) is 6.90. The van der Waals surface area contributed by atoms with Crippen LogP contribution in [0.5, 0.6) is 5.75 Å². The lowest BCUT2D eigenvalue weighted by Crippen LogP contribution is -2.38. The molecule has 0 atom stereocenters. The van der Waals surface area contributed by atoms with E-state index >= 15 is 0 Å². The lowest BCUT2D eigenvalue weighted by atomic mass is 10.1. The first kappa shape index (κ1) is 18.2. The van der Waals surface area contributed by atoms with Crippen molar-refractivity contribution in [3.8, 4) is 22.3 Å². The predicted molar refractivity (Wildman–Crippen MR) is 113 cm³/mol. The van der Waals surface area contributed by atoms with Crippen molar-refractivity contribution in [3.63, 3.8) is 0 Å². The zero-order valence-electron chi connectivity index (χ0n) is 15.6. The van der Waals surface area contributed by atoms with Crippen molar-refractivity contribution in [2.45, 2.75) is 24.2 Å². The molecular formula is C22H18N2O3S2. The Morgan fingerprint density at radius 1 is 1.03 bits per heavy atom. The van der Waals surface area contributed by atoms with Crippen LogP contribution in [0, 0.1) is 11.3 Å². The van der Waals surface area contributed by atoms with Gasteiger partial charge in [-0.15, -0.1) is 11.3 Å². The fourth-order valence-corrected chi connectivity index (χ4v) is 6.29. The highest BCUT2D eigenvalue weighted by atomic mass is 32.2. The number of anilines is 1. The van der Waals surface area contributed by atoms with Gasteiger partial charge in [0, 0.05) is 4.88 Å². The highest BCUT2D eigenvalue weighted by Gasteiger charge is 2.31. The van der Waals surface area contributed by atoms with Gasteiger partial charge >= 0.3 is 0 Å². The Morgan fingerprint density at radius 2 is 1.90 bits per heavy atom. The number of fused-ring (bicyclic) bond motifs is 2. The third-order valence-corrected chi connectivity index (χ3v) is 8.29. The second-order valence-electron chi connectivity index (χ2n) is 7.17. The lowest BCUT2D eigenvalue weighted by Gasteiger charge is -2.31. The number of nitriles is 1. The van der Waals surface area contributed by atoms with Gasteiger partial charge in [0.25, 0.3) is 10.0 Å². The number of aryl methyl sites for hydroxylation is 2. The van der Waals surface area contributed by atoms with Crippen LogP contribution in [0.15, 0.2) is 53.4 Å². The van der Waals surface area contributed by atoms with E-state index in [0.717, 1.165) is 35.3 Å². The summed E-state index contributed by atoms with van der Waals surface area (Å²) < 4.78 is 34.1. The number of thiophene rings is 1. The average Bonchev–Trinajstić information content (AvgIpc) is 3.41. The van der Waals surface area contributed by atoms with E-state index in [4.69, 9.17) is 10.00 Å². The molecule has 0 saturated carbocycles. The molecule has 3 aromatic rings. The first-order chi connectivity index (χ1) is 14.1. The van der Waals surface area contributed by atoms with E-state index in [0.29, 0.717) is 27.8 Å². The normalized spacial score (nSPS) is 15.3. The molecule has 146 valence electrons. The van der Waals surface area contributed by atoms with Crippen LogP contribution in [0.1, 0.15) is 22.4 Å². The van der Waals surface area contributed by atoms with Crippen molar-refractivity contribution >= 4 is 27.0 Å². The molecule has 2 heterocycles. The van der Waals surface area contributed by atoms with Gasteiger partial charge in [0.2, 0.25) is 0 Å². The molecule has 5 nitrogen and oxygen atoms in total. The van der Waals surface area contributed by atoms with Crippen molar-refractivity contribution in [1.29, 1.82) is 5.26 Å². The molecule has 0 N–H and O–H groups in total. The summed E-state index contributed by atoms with van der Waals surface area (Å²) in [5.74, 6) is 0.557. The SMILES string of the molecule is N#Cc1ccc(-c2ccc3c(c2)N(S(=O)(=O)c2ccc4c(c2)CCC4)CCO3)s1. The maximum Gasteiger partial charge on any atom is 0.264 e. The third-order valence-electron chi connectivity index (χ3n) is 5.44. The van der Waals surface area contributed by atoms with E-state index < -0.39 is 10.0 Å². The van der Waals surface area contributed by atoms with Crippen LogP contribution in [0.2, 0.25) is 0 Å². The Kier molecular flexibility index (Phi) is 4.34. The molecule has 0 spiro atoms. The van der Waals surface area contributed by atoms with Crippen LogP contribution in [0.25, 0.3) is 10.4 Å². The number of rotatable bonds is 3. The molecule has 7 heteroatoms. The maximum atomic E-state index is 13.5. The fourth-order valence-electron chi connectivity index (χ4n) is 3.99. The smallest absolute Gasteiger partial charge is 0.264 e. The number of nitrogens with zero attached hydrogens (tertiary/aromatic N) is 2. The topological polar surface area (TPSA) is 70.4 Å². The largest absolute Gasteiger partial charge is 0.489 e. The second-order valence-corrected chi connectivity index (χ2v) is 10.1. The van der Waals surface area contributed by atoms with Crippen molar-refractivity contribution < 1.29 is 13.2 Å². The van der Waals surface area contributed by atoms with Crippen LogP contribution in [0.3, 0.4) is 0 Å². The summed E-state index contributed by atoms with van der Waals surface area (Å²) >= 11 is 1.39. The van der Waals surface area contributed by atoms with E-state index in [1.54, 1.807) is 18.2 Å². The van der Waals surface area contributed by atoms with Gasteiger partial charge in [-0.1, -0.05) is 6.07 Å². The molecule has 0 bridgehead atoms. The summed E-state index contributed by atoms with van der Waals surface area (Å²) in [5.41, 5.74) is 3.80. The Labute approximate surface area is 173 Å². The number of benzene rings is 2. The summed E-state index contributed by atoms with van der Waals surface area (Å²) in [7, 11) is -3.69. The van der Waals surface area contributed by atoms with Crippen molar-refractivity contribution in [1.82, 2.24) is 0 Å². The molecule has 1 aromatic heterocycles. The zero-order chi connectivity index (χ0) is 20.0. The molecular weight excluding hydrogens is 404 g/mol. The summed E-state index contributed by atoms with van der Waals surface area (Å²) in [6, 6.07) is 16.8. The van der Waals surface area contributed by atoms with Gasteiger partial charge in [-0.05, 0) is 78.4 Å². The molecule has 0 amide bonds. The van der Waals surface area contributed by atoms with E-state index in [9.17, 15) is 8.42 Å². The quantitative estimate of drug-likeness (QED) is 0.629. The van der Waals surface area contributed by atoms with Crippen LogP contribution >= 0.6 is 11.3 Å². The number of ether oxygens (including phenoxy) is 1. The van der Waals surface area contributed by atoms with Gasteiger partial charge in [-0.3, -0.25) is 4.31 Å². The number of hydrogen-bond donors (Lipinski definition) is 0. The minimum absolute atomic E-state index is 0.268. The Morgan fingerprint density at radius 3 is 2.72 bits per heavy atom. The fraction of sp³-hybridized carbons (Fsp3) is 0.227. The van der Waals surface area contributed by atoms with Gasteiger partial charge in [0.05, 0.1) is 17.1 Å². The molecule has 1 aliphatic carbocycles. The third kappa shape index (κ3) is 3.09. The van der Waals surface area contributed by atoms with Crippen LogP contribution in [0.4, 0.5) is 5.69 Å². The molecule has 5 rings (SSSR count). The predicted octanol–water partition coefficient (Wildman–Crippen LogP) is 4.36. The van der Waals surface area contributed by atoms with E-state index in [2.05, 4.69) is 6.07 Å². The summed E-state index contributed by atoms with van der Waals surface area (Å²) in [6.07, 6.45) is 3.03. The van der Waals surface area contributed by atoms with Gasteiger partial charge in [0.15, 0.2) is 0 Å². The van der Waals surface area contributed by atoms with Crippen molar-refractivity contribution in [3.05, 3.63) is 64.5 Å². The lowest BCUT2D eigenvalue weighted by molar-refractivity contribution is 0.316. The van der Waals surface area contributed by atoms with E-state index in [1.807, 2.05) is 30.3 Å². The molecule has 1 aliphatic heterocycles. The molecule has 0 radical (unpaired) electrons. The minimum Gasteiger partial charge on any atom is -0.489 e. The van der Waals surface area contributed by atoms with Crippen LogP contribution in [-0.2, 0) is 22.9 Å². The maximum absolute atomic E-state index is 13.5. The van der Waals surface area contributed by atoms with Gasteiger partial charge in [-0.2, -0.15) is 5.26 Å². The average molecular weight is 423 g/mol. The highest BCUT2D eigenvalue weighted by molar-refractivity contribution is 7.92. The molecule has 0 unspecified atom stereocenters. The van der Waals surface area contributed by atoms with E-state index in [1.165, 1.54) is 21.2 Å². The number of sulfonamides is 1. The molecule has 2 aromatic carbocycles. The van der Waals surface area contributed by atoms with Crippen LogP contribution < -0.4 is 9.04 Å². The Bertz CT molecular complexity index is 1260. The summed E-state index contributed by atoms with van der Waals surface area (Å²) in [6.45, 7) is 0.581. The van der Waals surface area contributed by atoms with Gasteiger partial charge < -0.3 is 4.74 Å². The Hall–Kier alpha value is -2.82. The highest BCUT2D eigenvalue weighted by Crippen LogP contribution is 2.40. The monoisotopic (exact) mass is 422 g/mol. The molecule has 29 heavy (non-hydrogen) atoms. The van der Waals surface area contributed by atoms with E-state index in [-0.39, 0.29) is 6.54 Å². The molecule has 0 fully saturated rings. The van der Waals surface area contributed by atoms with Crippen molar-refractivity contribution in [2.75, 3.05) is 17.5 Å². The van der Waals surface area contributed by atoms with Crippen LogP contribution in [-0.4, -0.2) is 21.6 Å².